The molecule has 0 aliphatic carbocycles. The van der Waals surface area contributed by atoms with Gasteiger partial charge in [-0.2, -0.15) is 0 Å². The van der Waals surface area contributed by atoms with Crippen LogP contribution in [0.25, 0.3) is 10.9 Å². The minimum Gasteiger partial charge on any atom is -0.310 e. The minimum absolute atomic E-state index is 0.0720. The SMILES string of the molecule is O=c1[nH]c(CCC2=CC(c3ccccc3)=NC2)nc2ccccc12. The van der Waals surface area contributed by atoms with Crippen LogP contribution in [0.1, 0.15) is 17.8 Å². The maximum atomic E-state index is 12.1. The molecule has 4 heteroatoms. The Bertz CT molecular complexity index is 1000. The third-order valence-electron chi connectivity index (χ3n) is 4.21. The highest BCUT2D eigenvalue weighted by Gasteiger charge is 2.11. The van der Waals surface area contributed by atoms with Crippen LogP contribution in [0.5, 0.6) is 0 Å². The van der Waals surface area contributed by atoms with E-state index in [-0.39, 0.29) is 5.56 Å². The first-order chi connectivity index (χ1) is 11.8. The molecule has 4 nitrogen and oxygen atoms in total. The molecule has 0 radical (unpaired) electrons. The Labute approximate surface area is 139 Å². The Hall–Kier alpha value is -3.01. The normalized spacial score (nSPS) is 13.8. The lowest BCUT2D eigenvalue weighted by atomic mass is 10.1. The molecule has 3 aromatic rings. The third kappa shape index (κ3) is 2.91. The molecule has 0 unspecified atom stereocenters. The van der Waals surface area contributed by atoms with Crippen molar-refractivity contribution in [3.05, 3.63) is 88.0 Å². The lowest BCUT2D eigenvalue weighted by molar-refractivity contribution is 0.841. The van der Waals surface area contributed by atoms with Crippen LogP contribution >= 0.6 is 0 Å². The number of fused-ring (bicyclic) bond motifs is 1. The molecule has 0 saturated carbocycles. The van der Waals surface area contributed by atoms with Crippen LogP contribution in [-0.4, -0.2) is 22.2 Å². The number of hydrogen-bond donors (Lipinski definition) is 1. The van der Waals surface area contributed by atoms with Gasteiger partial charge in [-0.15, -0.1) is 0 Å². The summed E-state index contributed by atoms with van der Waals surface area (Å²) >= 11 is 0. The van der Waals surface area contributed by atoms with Crippen molar-refractivity contribution in [2.45, 2.75) is 12.8 Å². The molecule has 0 fully saturated rings. The van der Waals surface area contributed by atoms with Gasteiger partial charge in [-0.05, 0) is 35.8 Å². The number of aromatic nitrogens is 2. The van der Waals surface area contributed by atoms with Crippen LogP contribution in [0.2, 0.25) is 0 Å². The zero-order valence-electron chi connectivity index (χ0n) is 13.2. The summed E-state index contributed by atoms with van der Waals surface area (Å²) in [6, 6.07) is 17.6. The number of H-pyrrole nitrogens is 1. The van der Waals surface area contributed by atoms with Crippen LogP contribution in [0, 0.1) is 0 Å². The Morgan fingerprint density at radius 3 is 2.62 bits per heavy atom. The molecule has 0 atom stereocenters. The zero-order valence-corrected chi connectivity index (χ0v) is 13.2. The van der Waals surface area contributed by atoms with Crippen molar-refractivity contribution in [3.63, 3.8) is 0 Å². The minimum atomic E-state index is -0.0720. The van der Waals surface area contributed by atoms with Crippen molar-refractivity contribution in [2.75, 3.05) is 6.54 Å². The monoisotopic (exact) mass is 315 g/mol. The number of hydrogen-bond acceptors (Lipinski definition) is 3. The largest absolute Gasteiger partial charge is 0.310 e. The van der Waals surface area contributed by atoms with Gasteiger partial charge >= 0.3 is 0 Å². The number of aromatic amines is 1. The van der Waals surface area contributed by atoms with Crippen molar-refractivity contribution in [1.82, 2.24) is 9.97 Å². The molecular formula is C20H17N3O. The summed E-state index contributed by atoms with van der Waals surface area (Å²) in [6.07, 6.45) is 3.71. The summed E-state index contributed by atoms with van der Waals surface area (Å²) in [5, 5.41) is 0.635. The molecule has 1 aliphatic heterocycles. The second kappa shape index (κ2) is 6.24. The number of aryl methyl sites for hydroxylation is 1. The molecule has 0 amide bonds. The van der Waals surface area contributed by atoms with E-state index in [4.69, 9.17) is 0 Å². The van der Waals surface area contributed by atoms with E-state index >= 15 is 0 Å². The van der Waals surface area contributed by atoms with Crippen LogP contribution in [-0.2, 0) is 6.42 Å². The Balaban J connectivity index is 1.49. The van der Waals surface area contributed by atoms with Gasteiger partial charge in [-0.1, -0.05) is 42.5 Å². The van der Waals surface area contributed by atoms with Crippen molar-refractivity contribution < 1.29 is 0 Å². The van der Waals surface area contributed by atoms with Crippen molar-refractivity contribution in [3.8, 4) is 0 Å². The van der Waals surface area contributed by atoms with Gasteiger partial charge in [0.25, 0.3) is 5.56 Å². The molecule has 24 heavy (non-hydrogen) atoms. The quantitative estimate of drug-likeness (QED) is 0.803. The molecule has 118 valence electrons. The molecular weight excluding hydrogens is 298 g/mol. The molecule has 0 spiro atoms. The van der Waals surface area contributed by atoms with Gasteiger partial charge in [0.2, 0.25) is 0 Å². The maximum Gasteiger partial charge on any atom is 0.258 e. The smallest absolute Gasteiger partial charge is 0.258 e. The Morgan fingerprint density at radius 2 is 1.75 bits per heavy atom. The van der Waals surface area contributed by atoms with Crippen LogP contribution < -0.4 is 5.56 Å². The molecule has 1 aromatic heterocycles. The highest BCUT2D eigenvalue weighted by molar-refractivity contribution is 6.10. The first-order valence-electron chi connectivity index (χ1n) is 8.07. The highest BCUT2D eigenvalue weighted by Crippen LogP contribution is 2.16. The molecule has 0 bridgehead atoms. The van der Waals surface area contributed by atoms with Crippen molar-refractivity contribution in [2.24, 2.45) is 4.99 Å². The summed E-state index contributed by atoms with van der Waals surface area (Å²) in [5.74, 6) is 0.729. The summed E-state index contributed by atoms with van der Waals surface area (Å²) in [6.45, 7) is 0.724. The fourth-order valence-corrected chi connectivity index (χ4v) is 2.94. The molecule has 4 rings (SSSR count). The average Bonchev–Trinajstić information content (AvgIpc) is 3.10. The van der Waals surface area contributed by atoms with Gasteiger partial charge in [-0.3, -0.25) is 9.79 Å². The van der Waals surface area contributed by atoms with Gasteiger partial charge in [0.1, 0.15) is 5.82 Å². The lowest BCUT2D eigenvalue weighted by Gasteiger charge is -2.03. The molecule has 2 heterocycles. The fourth-order valence-electron chi connectivity index (χ4n) is 2.94. The second-order valence-corrected chi connectivity index (χ2v) is 5.90. The predicted octanol–water partition coefficient (Wildman–Crippen LogP) is 3.29. The Morgan fingerprint density at radius 1 is 0.958 bits per heavy atom. The summed E-state index contributed by atoms with van der Waals surface area (Å²) in [7, 11) is 0. The number of allylic oxidation sites excluding steroid dienone is 1. The summed E-state index contributed by atoms with van der Waals surface area (Å²) < 4.78 is 0. The van der Waals surface area contributed by atoms with Gasteiger partial charge < -0.3 is 4.98 Å². The van der Waals surface area contributed by atoms with Crippen molar-refractivity contribution >= 4 is 16.6 Å². The topological polar surface area (TPSA) is 58.1 Å². The van der Waals surface area contributed by atoms with E-state index in [1.807, 2.05) is 36.4 Å². The number of nitrogens with zero attached hydrogens (tertiary/aromatic N) is 2. The lowest BCUT2D eigenvalue weighted by Crippen LogP contribution is -2.12. The standard InChI is InChI=1S/C20H17N3O/c24-20-16-8-4-5-9-17(16)22-19(23-20)11-10-14-12-18(21-13-14)15-6-2-1-3-7-15/h1-9,12H,10-11,13H2,(H,22,23,24). The number of para-hydroxylation sites is 1. The first kappa shape index (κ1) is 14.6. The predicted molar refractivity (Wildman–Crippen MR) is 96.6 cm³/mol. The van der Waals surface area contributed by atoms with Gasteiger partial charge in [0.15, 0.2) is 0 Å². The summed E-state index contributed by atoms with van der Waals surface area (Å²) in [5.41, 5.74) is 4.12. The van der Waals surface area contributed by atoms with E-state index in [0.717, 1.165) is 35.6 Å². The summed E-state index contributed by atoms with van der Waals surface area (Å²) in [4.78, 5) is 24.1. The van der Waals surface area contributed by atoms with E-state index in [1.54, 1.807) is 6.07 Å². The maximum absolute atomic E-state index is 12.1. The fraction of sp³-hybridized carbons (Fsp3) is 0.150. The molecule has 2 aromatic carbocycles. The number of aliphatic imine (C=N–C) groups is 1. The van der Waals surface area contributed by atoms with E-state index in [1.165, 1.54) is 5.57 Å². The van der Waals surface area contributed by atoms with Gasteiger partial charge in [0.05, 0.1) is 23.2 Å². The number of rotatable bonds is 4. The van der Waals surface area contributed by atoms with Gasteiger partial charge in [0, 0.05) is 6.42 Å². The van der Waals surface area contributed by atoms with E-state index in [0.29, 0.717) is 11.8 Å². The number of nitrogens with one attached hydrogen (secondary N) is 1. The third-order valence-corrected chi connectivity index (χ3v) is 4.21. The molecule has 1 N–H and O–H groups in total. The average molecular weight is 315 g/mol. The van der Waals surface area contributed by atoms with E-state index in [2.05, 4.69) is 33.2 Å². The highest BCUT2D eigenvalue weighted by atomic mass is 16.1. The number of benzene rings is 2. The van der Waals surface area contributed by atoms with Crippen LogP contribution in [0.3, 0.4) is 0 Å². The zero-order chi connectivity index (χ0) is 16.4. The van der Waals surface area contributed by atoms with Crippen LogP contribution in [0.4, 0.5) is 0 Å². The molecule has 1 aliphatic rings. The molecule has 0 saturated heterocycles. The van der Waals surface area contributed by atoms with E-state index < -0.39 is 0 Å². The van der Waals surface area contributed by atoms with Crippen LogP contribution in [0.15, 0.2) is 76.0 Å². The van der Waals surface area contributed by atoms with Crippen molar-refractivity contribution in [1.29, 1.82) is 0 Å². The first-order valence-corrected chi connectivity index (χ1v) is 8.07. The van der Waals surface area contributed by atoms with E-state index in [9.17, 15) is 4.79 Å². The Kier molecular flexibility index (Phi) is 3.79. The second-order valence-electron chi connectivity index (χ2n) is 5.90. The van der Waals surface area contributed by atoms with Gasteiger partial charge in [-0.25, -0.2) is 4.98 Å².